The first kappa shape index (κ1) is 15.7. The molecule has 1 aromatic carbocycles. The summed E-state index contributed by atoms with van der Waals surface area (Å²) >= 11 is 1.80. The summed E-state index contributed by atoms with van der Waals surface area (Å²) in [5.41, 5.74) is 8.78. The van der Waals surface area contributed by atoms with Crippen LogP contribution >= 0.6 is 11.3 Å². The van der Waals surface area contributed by atoms with Gasteiger partial charge in [0.05, 0.1) is 10.7 Å². The number of nitrogens with zero attached hydrogens (tertiary/aromatic N) is 2. The summed E-state index contributed by atoms with van der Waals surface area (Å²) in [7, 11) is 0. The fourth-order valence-electron chi connectivity index (χ4n) is 3.09. The van der Waals surface area contributed by atoms with Crippen molar-refractivity contribution < 1.29 is 0 Å². The number of hydrogen-bond acceptors (Lipinski definition) is 4. The van der Waals surface area contributed by atoms with E-state index in [0.717, 1.165) is 39.0 Å². The monoisotopic (exact) mass is 315 g/mol. The topological polar surface area (TPSA) is 42.1 Å². The zero-order valence-corrected chi connectivity index (χ0v) is 14.1. The summed E-state index contributed by atoms with van der Waals surface area (Å²) in [5.74, 6) is 0. The largest absolute Gasteiger partial charge is 0.330 e. The van der Waals surface area contributed by atoms with Crippen LogP contribution in [0.2, 0.25) is 0 Å². The Morgan fingerprint density at radius 3 is 2.82 bits per heavy atom. The van der Waals surface area contributed by atoms with Crippen molar-refractivity contribution in [2.75, 3.05) is 19.6 Å². The number of hydrogen-bond donors (Lipinski definition) is 1. The van der Waals surface area contributed by atoms with Crippen LogP contribution in [-0.4, -0.2) is 29.5 Å². The normalized spacial score (nSPS) is 22.3. The highest BCUT2D eigenvalue weighted by Gasteiger charge is 2.32. The van der Waals surface area contributed by atoms with Crippen LogP contribution in [-0.2, 0) is 19.4 Å². The number of nitrogens with two attached hydrogens (primary N) is 1. The van der Waals surface area contributed by atoms with Crippen LogP contribution in [0.5, 0.6) is 0 Å². The van der Waals surface area contributed by atoms with E-state index in [4.69, 9.17) is 10.7 Å². The van der Waals surface area contributed by atoms with Gasteiger partial charge in [-0.15, -0.1) is 11.3 Å². The van der Waals surface area contributed by atoms with Gasteiger partial charge in [-0.05, 0) is 36.9 Å². The van der Waals surface area contributed by atoms with E-state index < -0.39 is 0 Å². The summed E-state index contributed by atoms with van der Waals surface area (Å²) in [4.78, 5) is 7.30. The van der Waals surface area contributed by atoms with Crippen LogP contribution in [0.1, 0.15) is 29.6 Å². The maximum atomic E-state index is 5.88. The molecule has 0 aliphatic carbocycles. The van der Waals surface area contributed by atoms with Gasteiger partial charge in [0.2, 0.25) is 0 Å². The van der Waals surface area contributed by atoms with E-state index in [0.29, 0.717) is 5.41 Å². The predicted octanol–water partition coefficient (Wildman–Crippen LogP) is 3.10. The molecule has 0 amide bonds. The molecule has 22 heavy (non-hydrogen) atoms. The lowest BCUT2D eigenvalue weighted by Crippen LogP contribution is -2.31. The smallest absolute Gasteiger partial charge is 0.0932 e. The molecule has 0 bridgehead atoms. The average Bonchev–Trinajstić information content (AvgIpc) is 3.14. The van der Waals surface area contributed by atoms with Gasteiger partial charge in [0, 0.05) is 24.9 Å². The van der Waals surface area contributed by atoms with Crippen molar-refractivity contribution in [1.29, 1.82) is 0 Å². The highest BCUT2D eigenvalue weighted by atomic mass is 32.1. The molecule has 0 saturated carbocycles. The fraction of sp³-hybridized carbons (Fsp3) is 0.500. The van der Waals surface area contributed by atoms with Crippen molar-refractivity contribution in [1.82, 2.24) is 9.88 Å². The number of aromatic nitrogens is 1. The molecule has 3 rings (SSSR count). The van der Waals surface area contributed by atoms with Gasteiger partial charge in [0.25, 0.3) is 0 Å². The predicted molar refractivity (Wildman–Crippen MR) is 93.0 cm³/mol. The van der Waals surface area contributed by atoms with E-state index in [2.05, 4.69) is 47.5 Å². The molecule has 1 saturated heterocycles. The van der Waals surface area contributed by atoms with Crippen molar-refractivity contribution in [2.45, 2.75) is 32.7 Å². The minimum Gasteiger partial charge on any atom is -0.330 e. The van der Waals surface area contributed by atoms with E-state index in [1.165, 1.54) is 22.7 Å². The van der Waals surface area contributed by atoms with E-state index in [-0.39, 0.29) is 0 Å². The fourth-order valence-corrected chi connectivity index (χ4v) is 3.88. The highest BCUT2D eigenvalue weighted by molar-refractivity contribution is 7.09. The van der Waals surface area contributed by atoms with Gasteiger partial charge in [-0.25, -0.2) is 4.98 Å². The average molecular weight is 315 g/mol. The second kappa shape index (κ2) is 6.90. The standard InChI is InChI=1S/C18H25N3S/c1-18(13-19)9-10-21(14-18)11-16-12-22-17(20-16)8-7-15-5-3-2-4-6-15/h2-6,12H,7-11,13-14,19H2,1H3. The van der Waals surface area contributed by atoms with Gasteiger partial charge in [0.15, 0.2) is 0 Å². The quantitative estimate of drug-likeness (QED) is 0.890. The second-order valence-electron chi connectivity index (χ2n) is 6.69. The van der Waals surface area contributed by atoms with E-state index in [9.17, 15) is 0 Å². The van der Waals surface area contributed by atoms with Crippen molar-refractivity contribution >= 4 is 11.3 Å². The minimum atomic E-state index is 0.298. The number of aryl methyl sites for hydroxylation is 2. The molecule has 4 heteroatoms. The summed E-state index contributed by atoms with van der Waals surface area (Å²) in [6, 6.07) is 10.6. The first-order valence-corrected chi connectivity index (χ1v) is 8.94. The minimum absolute atomic E-state index is 0.298. The van der Waals surface area contributed by atoms with Crippen molar-refractivity contribution in [3.05, 3.63) is 52.0 Å². The molecule has 1 aliphatic heterocycles. The molecule has 1 unspecified atom stereocenters. The first-order valence-electron chi connectivity index (χ1n) is 8.06. The lowest BCUT2D eigenvalue weighted by molar-refractivity contribution is 0.272. The van der Waals surface area contributed by atoms with E-state index >= 15 is 0 Å². The maximum Gasteiger partial charge on any atom is 0.0932 e. The van der Waals surface area contributed by atoms with Crippen molar-refractivity contribution in [3.8, 4) is 0 Å². The Bertz CT molecular complexity index is 595. The molecule has 2 aromatic rings. The Kier molecular flexibility index (Phi) is 4.91. The molecule has 0 radical (unpaired) electrons. The Balaban J connectivity index is 1.51. The maximum absolute atomic E-state index is 5.88. The zero-order chi connectivity index (χ0) is 15.4. The second-order valence-corrected chi connectivity index (χ2v) is 7.64. The Morgan fingerprint density at radius 2 is 2.09 bits per heavy atom. The molecule has 118 valence electrons. The number of rotatable bonds is 6. The molecule has 1 atom stereocenters. The molecule has 3 nitrogen and oxygen atoms in total. The molecule has 1 aliphatic rings. The summed E-state index contributed by atoms with van der Waals surface area (Å²) < 4.78 is 0. The van der Waals surface area contributed by atoms with Crippen LogP contribution < -0.4 is 5.73 Å². The van der Waals surface area contributed by atoms with Crippen molar-refractivity contribution in [3.63, 3.8) is 0 Å². The Labute approximate surface area is 137 Å². The van der Waals surface area contributed by atoms with E-state index in [1.54, 1.807) is 11.3 Å². The number of thiazole rings is 1. The lowest BCUT2D eigenvalue weighted by atomic mass is 9.90. The molecule has 1 aromatic heterocycles. The van der Waals surface area contributed by atoms with E-state index in [1.807, 2.05) is 0 Å². The van der Waals surface area contributed by atoms with Crippen molar-refractivity contribution in [2.24, 2.45) is 11.1 Å². The van der Waals surface area contributed by atoms with Gasteiger partial charge in [0.1, 0.15) is 0 Å². The molecule has 1 fully saturated rings. The third-order valence-electron chi connectivity index (χ3n) is 4.58. The molecule has 2 N–H and O–H groups in total. The van der Waals surface area contributed by atoms with Crippen LogP contribution in [0.25, 0.3) is 0 Å². The molecule has 0 spiro atoms. The number of likely N-dealkylation sites (tertiary alicyclic amines) is 1. The van der Waals surface area contributed by atoms with Gasteiger partial charge in [-0.3, -0.25) is 4.90 Å². The van der Waals surface area contributed by atoms with Gasteiger partial charge < -0.3 is 5.73 Å². The molecular formula is C18H25N3S. The van der Waals surface area contributed by atoms with Gasteiger partial charge in [-0.1, -0.05) is 37.3 Å². The molecule has 2 heterocycles. The van der Waals surface area contributed by atoms with Crippen LogP contribution in [0.15, 0.2) is 35.7 Å². The summed E-state index contributed by atoms with van der Waals surface area (Å²) in [6.07, 6.45) is 3.31. The third-order valence-corrected chi connectivity index (χ3v) is 5.54. The molecular weight excluding hydrogens is 290 g/mol. The third kappa shape index (κ3) is 3.94. The first-order chi connectivity index (χ1) is 10.7. The van der Waals surface area contributed by atoms with Gasteiger partial charge >= 0.3 is 0 Å². The van der Waals surface area contributed by atoms with Gasteiger partial charge in [-0.2, -0.15) is 0 Å². The zero-order valence-electron chi connectivity index (χ0n) is 13.3. The summed E-state index contributed by atoms with van der Waals surface area (Å²) in [5, 5.41) is 3.47. The van der Waals surface area contributed by atoms with Crippen LogP contribution in [0.3, 0.4) is 0 Å². The Hall–Kier alpha value is -1.23. The summed E-state index contributed by atoms with van der Waals surface area (Å²) in [6.45, 7) is 6.28. The van der Waals surface area contributed by atoms with Crippen LogP contribution in [0.4, 0.5) is 0 Å². The SMILES string of the molecule is CC1(CN)CCN(Cc2csc(CCc3ccccc3)n2)C1. The Morgan fingerprint density at radius 1 is 1.27 bits per heavy atom. The lowest BCUT2D eigenvalue weighted by Gasteiger charge is -2.22. The highest BCUT2D eigenvalue weighted by Crippen LogP contribution is 2.29. The number of benzene rings is 1. The van der Waals surface area contributed by atoms with Crippen LogP contribution in [0, 0.1) is 5.41 Å².